The van der Waals surface area contributed by atoms with Crippen LogP contribution in [0.1, 0.15) is 30.5 Å². The fourth-order valence-electron chi connectivity index (χ4n) is 3.26. The highest BCUT2D eigenvalue weighted by Gasteiger charge is 2.28. The molecular formula is C20H24N4O4S. The average molecular weight is 417 g/mol. The molecule has 154 valence electrons. The summed E-state index contributed by atoms with van der Waals surface area (Å²) in [5.74, 6) is -0.703. The number of piperidine rings is 1. The van der Waals surface area contributed by atoms with Crippen molar-refractivity contribution in [2.24, 2.45) is 0 Å². The zero-order valence-corrected chi connectivity index (χ0v) is 17.0. The number of benzene rings is 1. The third-order valence-electron chi connectivity index (χ3n) is 4.83. The van der Waals surface area contributed by atoms with Gasteiger partial charge in [-0.2, -0.15) is 12.7 Å². The summed E-state index contributed by atoms with van der Waals surface area (Å²) in [6.45, 7) is 1.03. The molecule has 1 fully saturated rings. The molecule has 0 spiro atoms. The van der Waals surface area contributed by atoms with Crippen LogP contribution in [0.2, 0.25) is 0 Å². The third-order valence-corrected chi connectivity index (χ3v) is 6.76. The van der Waals surface area contributed by atoms with Gasteiger partial charge in [-0.05, 0) is 42.7 Å². The molecule has 0 unspecified atom stereocenters. The summed E-state index contributed by atoms with van der Waals surface area (Å²) in [6, 6.07) is 12.1. The van der Waals surface area contributed by atoms with Gasteiger partial charge in [-0.3, -0.25) is 19.3 Å². The van der Waals surface area contributed by atoms with Crippen molar-refractivity contribution in [2.75, 3.05) is 24.4 Å². The molecule has 0 atom stereocenters. The normalized spacial score (nSPS) is 15.7. The predicted molar refractivity (Wildman–Crippen MR) is 110 cm³/mol. The molecule has 1 aromatic carbocycles. The van der Waals surface area contributed by atoms with Crippen LogP contribution in [0.4, 0.5) is 5.69 Å². The molecule has 1 amide bonds. The van der Waals surface area contributed by atoms with Crippen LogP contribution in [0.3, 0.4) is 0 Å². The van der Waals surface area contributed by atoms with Crippen molar-refractivity contribution in [3.63, 3.8) is 0 Å². The second-order valence-corrected chi connectivity index (χ2v) is 8.69. The highest BCUT2D eigenvalue weighted by atomic mass is 32.2. The number of aromatic nitrogens is 1. The largest absolute Gasteiger partial charge is 0.303 e. The van der Waals surface area contributed by atoms with Crippen LogP contribution in [-0.4, -0.2) is 49.0 Å². The van der Waals surface area contributed by atoms with E-state index < -0.39 is 16.1 Å². The Morgan fingerprint density at radius 3 is 2.59 bits per heavy atom. The topological polar surface area (TPSA) is 103 Å². The number of rotatable bonds is 6. The number of nitrogens with zero attached hydrogens (tertiary/aromatic N) is 3. The van der Waals surface area contributed by atoms with E-state index in [4.69, 9.17) is 5.21 Å². The van der Waals surface area contributed by atoms with Gasteiger partial charge in [0.2, 0.25) is 0 Å². The summed E-state index contributed by atoms with van der Waals surface area (Å²) in [6.07, 6.45) is 5.57. The maximum absolute atomic E-state index is 13.0. The van der Waals surface area contributed by atoms with Crippen LogP contribution in [0, 0.1) is 0 Å². The highest BCUT2D eigenvalue weighted by Crippen LogP contribution is 2.28. The van der Waals surface area contributed by atoms with Crippen molar-refractivity contribution in [2.45, 2.75) is 19.3 Å². The maximum atomic E-state index is 13.0. The number of hydroxylamine groups is 1. The quantitative estimate of drug-likeness (QED) is 0.427. The van der Waals surface area contributed by atoms with Crippen LogP contribution >= 0.6 is 0 Å². The van der Waals surface area contributed by atoms with E-state index in [0.29, 0.717) is 35.6 Å². The lowest BCUT2D eigenvalue weighted by molar-refractivity contribution is -0.124. The molecule has 8 nitrogen and oxygen atoms in total. The van der Waals surface area contributed by atoms with Crippen LogP contribution in [0.15, 0.2) is 54.7 Å². The monoisotopic (exact) mass is 416 g/mol. The molecule has 1 aliphatic rings. The summed E-state index contributed by atoms with van der Waals surface area (Å²) in [5, 5.41) is 8.91. The summed E-state index contributed by atoms with van der Waals surface area (Å²) >= 11 is 0. The number of carbonyl (C=O) groups is 1. The Bertz CT molecular complexity index is 987. The average Bonchev–Trinajstić information content (AvgIpc) is 2.78. The van der Waals surface area contributed by atoms with E-state index >= 15 is 0 Å². The molecule has 0 aliphatic carbocycles. The first-order chi connectivity index (χ1) is 13.9. The molecule has 2 N–H and O–H groups in total. The highest BCUT2D eigenvalue weighted by molar-refractivity contribution is 7.90. The molecule has 29 heavy (non-hydrogen) atoms. The number of hydrogen-bond acceptors (Lipinski definition) is 5. The van der Waals surface area contributed by atoms with Gasteiger partial charge in [-0.15, -0.1) is 0 Å². The van der Waals surface area contributed by atoms with Crippen LogP contribution in [0.25, 0.3) is 5.57 Å². The van der Waals surface area contributed by atoms with Crippen molar-refractivity contribution in [3.05, 3.63) is 66.0 Å². The number of hydrogen-bond donors (Lipinski definition) is 2. The minimum Gasteiger partial charge on any atom is -0.288 e. The van der Waals surface area contributed by atoms with Crippen molar-refractivity contribution < 1.29 is 18.4 Å². The molecule has 1 saturated heterocycles. The molecule has 0 bridgehead atoms. The Balaban J connectivity index is 1.98. The smallest absolute Gasteiger partial charge is 0.288 e. The number of pyridine rings is 1. The van der Waals surface area contributed by atoms with Gasteiger partial charge >= 0.3 is 10.2 Å². The molecule has 0 saturated carbocycles. The third kappa shape index (κ3) is 4.81. The molecular weight excluding hydrogens is 392 g/mol. The summed E-state index contributed by atoms with van der Waals surface area (Å²) < 4.78 is 28.7. The van der Waals surface area contributed by atoms with Crippen molar-refractivity contribution in [1.82, 2.24) is 14.8 Å². The second-order valence-electron chi connectivity index (χ2n) is 6.73. The lowest BCUT2D eigenvalue weighted by Crippen LogP contribution is -2.44. The Labute approximate surface area is 170 Å². The Hall–Kier alpha value is -2.75. The fraction of sp³-hybridized carbons (Fsp3) is 0.300. The molecule has 1 aliphatic heterocycles. The van der Waals surface area contributed by atoms with E-state index in [2.05, 4.69) is 4.98 Å². The lowest BCUT2D eigenvalue weighted by Gasteiger charge is -2.31. The zero-order chi connectivity index (χ0) is 20.9. The predicted octanol–water partition coefficient (Wildman–Crippen LogP) is 2.19. The van der Waals surface area contributed by atoms with Crippen molar-refractivity contribution in [1.29, 1.82) is 0 Å². The van der Waals surface area contributed by atoms with Gasteiger partial charge in [0.05, 0.1) is 11.4 Å². The Morgan fingerprint density at radius 1 is 1.17 bits per heavy atom. The van der Waals surface area contributed by atoms with Gasteiger partial charge in [0.25, 0.3) is 5.91 Å². The van der Waals surface area contributed by atoms with E-state index in [0.717, 1.165) is 19.3 Å². The van der Waals surface area contributed by atoms with Crippen LogP contribution in [0.5, 0.6) is 0 Å². The SMILES string of the molecule is CN(c1cccc(/C(=C\C(=O)NO)c2ccccn2)c1)S(=O)(=O)N1CCCCC1. The van der Waals surface area contributed by atoms with Crippen LogP contribution < -0.4 is 9.79 Å². The van der Waals surface area contributed by atoms with E-state index in [-0.39, 0.29) is 0 Å². The first kappa shape index (κ1) is 21.0. The van der Waals surface area contributed by atoms with Gasteiger partial charge in [0.15, 0.2) is 0 Å². The number of amides is 1. The van der Waals surface area contributed by atoms with E-state index in [1.165, 1.54) is 21.7 Å². The number of anilines is 1. The maximum Gasteiger partial charge on any atom is 0.303 e. The Morgan fingerprint density at radius 2 is 1.93 bits per heavy atom. The molecule has 2 heterocycles. The molecule has 3 rings (SSSR count). The zero-order valence-electron chi connectivity index (χ0n) is 16.2. The summed E-state index contributed by atoms with van der Waals surface area (Å²) in [4.78, 5) is 16.0. The van der Waals surface area contributed by atoms with Gasteiger partial charge in [0, 0.05) is 38.0 Å². The van der Waals surface area contributed by atoms with Gasteiger partial charge < -0.3 is 0 Å². The minimum atomic E-state index is -3.64. The number of carbonyl (C=O) groups excluding carboxylic acids is 1. The second kappa shape index (κ2) is 9.17. The Kier molecular flexibility index (Phi) is 6.63. The fourth-order valence-corrected chi connectivity index (χ4v) is 4.71. The van der Waals surface area contributed by atoms with E-state index in [1.54, 1.807) is 54.1 Å². The van der Waals surface area contributed by atoms with E-state index in [9.17, 15) is 13.2 Å². The summed E-state index contributed by atoms with van der Waals surface area (Å²) in [5.41, 5.74) is 3.64. The molecule has 9 heteroatoms. The van der Waals surface area contributed by atoms with E-state index in [1.807, 2.05) is 0 Å². The molecule has 2 aromatic rings. The first-order valence-corrected chi connectivity index (χ1v) is 10.7. The molecule has 1 aromatic heterocycles. The minimum absolute atomic E-state index is 0.461. The van der Waals surface area contributed by atoms with Gasteiger partial charge in [0.1, 0.15) is 0 Å². The molecule has 0 radical (unpaired) electrons. The lowest BCUT2D eigenvalue weighted by atomic mass is 10.0. The van der Waals surface area contributed by atoms with Crippen molar-refractivity contribution in [3.8, 4) is 0 Å². The summed E-state index contributed by atoms with van der Waals surface area (Å²) in [7, 11) is -2.12. The van der Waals surface area contributed by atoms with Gasteiger partial charge in [-0.1, -0.05) is 24.6 Å². The van der Waals surface area contributed by atoms with Crippen molar-refractivity contribution >= 4 is 27.4 Å². The number of nitrogens with one attached hydrogen (secondary N) is 1. The first-order valence-electron chi connectivity index (χ1n) is 9.35. The standard InChI is InChI=1S/C20H24N4O4S/c1-23(29(27,28)24-12-5-2-6-13-24)17-9-7-8-16(14-17)18(15-20(25)22-26)19-10-3-4-11-21-19/h3-4,7-11,14-15,26H,2,5-6,12-13H2,1H3,(H,22,25)/b18-15+. The van der Waals surface area contributed by atoms with Gasteiger partial charge in [-0.25, -0.2) is 5.48 Å². The van der Waals surface area contributed by atoms with Crippen LogP contribution in [-0.2, 0) is 15.0 Å².